The average molecular weight is 399 g/mol. The van der Waals surface area contributed by atoms with E-state index in [9.17, 15) is 4.79 Å². The number of amides is 1. The first-order valence-corrected chi connectivity index (χ1v) is 10.5. The van der Waals surface area contributed by atoms with Gasteiger partial charge < -0.3 is 25.2 Å². The van der Waals surface area contributed by atoms with Crippen molar-refractivity contribution < 1.29 is 29.1 Å². The first kappa shape index (κ1) is 20.3. The van der Waals surface area contributed by atoms with Crippen LogP contribution in [0.25, 0.3) is 0 Å². The number of hydrogen-bond acceptors (Lipinski definition) is 6. The van der Waals surface area contributed by atoms with Crippen molar-refractivity contribution in [2.75, 3.05) is 19.7 Å². The molecule has 5 saturated heterocycles. The topological polar surface area (TPSA) is 103 Å². The van der Waals surface area contributed by atoms with Gasteiger partial charge in [-0.25, -0.2) is 14.6 Å². The van der Waals surface area contributed by atoms with Gasteiger partial charge in [0.2, 0.25) is 5.79 Å². The normalized spacial score (nSPS) is 48.5. The number of likely N-dealkylation sites (tertiary alicyclic amines) is 1. The summed E-state index contributed by atoms with van der Waals surface area (Å²) in [7, 11) is 0. The Kier molecular flexibility index (Phi) is 4.94. The Labute approximate surface area is 166 Å². The van der Waals surface area contributed by atoms with E-state index in [1.165, 1.54) is 17.7 Å². The number of nitrogens with zero attached hydrogens (tertiary/aromatic N) is 1. The lowest BCUT2D eigenvalue weighted by Crippen LogP contribution is -2.68. The summed E-state index contributed by atoms with van der Waals surface area (Å²) in [6, 6.07) is 0. The van der Waals surface area contributed by atoms with E-state index in [4.69, 9.17) is 30.1 Å². The second-order valence-electron chi connectivity index (χ2n) is 10.0. The minimum absolute atomic E-state index is 0.248. The van der Waals surface area contributed by atoms with Crippen LogP contribution in [0.5, 0.6) is 0 Å². The summed E-state index contributed by atoms with van der Waals surface area (Å²) in [5.41, 5.74) is 4.90. The van der Waals surface area contributed by atoms with E-state index in [1.807, 2.05) is 13.8 Å². The van der Waals surface area contributed by atoms with Gasteiger partial charge in [0.1, 0.15) is 0 Å². The van der Waals surface area contributed by atoms with Crippen LogP contribution in [-0.4, -0.2) is 59.0 Å². The number of carbonyl (C=O) groups is 1. The molecule has 0 aromatic heterocycles. The van der Waals surface area contributed by atoms with E-state index in [1.54, 1.807) is 0 Å². The number of hydrogen-bond donors (Lipinski definition) is 2. The zero-order valence-corrected chi connectivity index (χ0v) is 17.3. The minimum atomic E-state index is -0.877. The van der Waals surface area contributed by atoms with Crippen LogP contribution >= 0.6 is 0 Å². The molecule has 28 heavy (non-hydrogen) atoms. The fourth-order valence-electron chi connectivity index (χ4n) is 5.84. The highest BCUT2D eigenvalue weighted by Crippen LogP contribution is 2.59. The first-order valence-electron chi connectivity index (χ1n) is 10.5. The molecule has 6 rings (SSSR count). The van der Waals surface area contributed by atoms with E-state index in [-0.39, 0.29) is 17.4 Å². The van der Waals surface area contributed by atoms with Crippen molar-refractivity contribution in [3.05, 3.63) is 0 Å². The zero-order chi connectivity index (χ0) is 20.3. The second-order valence-corrected chi connectivity index (χ2v) is 10.0. The van der Waals surface area contributed by atoms with Crippen LogP contribution in [0.1, 0.15) is 53.4 Å². The maximum atomic E-state index is 10.1. The Morgan fingerprint density at radius 2 is 1.75 bits per heavy atom. The van der Waals surface area contributed by atoms with Gasteiger partial charge in [0.15, 0.2) is 11.9 Å². The number of rotatable bonds is 0. The zero-order valence-electron chi connectivity index (χ0n) is 17.3. The van der Waals surface area contributed by atoms with Crippen LogP contribution in [0.2, 0.25) is 0 Å². The Balaban J connectivity index is 0.000000181. The fraction of sp³-hybridized carbons (Fsp3) is 0.950. The third kappa shape index (κ3) is 3.23. The molecule has 0 aromatic carbocycles. The van der Waals surface area contributed by atoms with E-state index >= 15 is 0 Å². The molecule has 160 valence electrons. The molecule has 1 saturated carbocycles. The van der Waals surface area contributed by atoms with Crippen LogP contribution in [-0.2, 0) is 19.2 Å². The van der Waals surface area contributed by atoms with Crippen molar-refractivity contribution in [2.45, 2.75) is 76.6 Å². The standard InChI is InChI=1S/C15H24O4.C5H10N2O2/c1-9-4-5-11-10(2)8-16-13-15(11)12(9)6-7-14(3,17-13)18-19-15;1-5(6)2-7(3-5)4(8)9/h9-13H,4-8H2,1-3H3;2-3,6H2,1H3,(H,8,9)/t9?,10-,11?,12?,13+,14?,15-;/m0./s1. The lowest BCUT2D eigenvalue weighted by molar-refractivity contribution is -0.566. The van der Waals surface area contributed by atoms with Gasteiger partial charge in [-0.1, -0.05) is 13.8 Å². The third-order valence-corrected chi connectivity index (χ3v) is 7.35. The van der Waals surface area contributed by atoms with Crippen LogP contribution in [0.4, 0.5) is 4.79 Å². The Morgan fingerprint density at radius 3 is 2.36 bits per heavy atom. The molecule has 0 radical (unpaired) electrons. The van der Waals surface area contributed by atoms with Crippen molar-refractivity contribution in [3.63, 3.8) is 0 Å². The lowest BCUT2D eigenvalue weighted by Gasteiger charge is -2.58. The summed E-state index contributed by atoms with van der Waals surface area (Å²) in [6.07, 6.45) is 3.36. The highest BCUT2D eigenvalue weighted by atomic mass is 17.3. The molecule has 7 atom stereocenters. The predicted molar refractivity (Wildman–Crippen MR) is 100 cm³/mol. The quantitative estimate of drug-likeness (QED) is 0.604. The van der Waals surface area contributed by atoms with E-state index in [0.717, 1.165) is 19.4 Å². The molecule has 1 aliphatic carbocycles. The molecule has 5 aliphatic heterocycles. The van der Waals surface area contributed by atoms with Crippen molar-refractivity contribution in [3.8, 4) is 0 Å². The molecule has 6 aliphatic rings. The van der Waals surface area contributed by atoms with Gasteiger partial charge in [0.05, 0.1) is 6.61 Å². The van der Waals surface area contributed by atoms with Crippen molar-refractivity contribution in [1.29, 1.82) is 0 Å². The number of nitrogens with two attached hydrogens (primary N) is 1. The molecular formula is C20H34N2O6. The molecule has 8 heteroatoms. The number of carboxylic acid groups (broad SMARTS) is 1. The van der Waals surface area contributed by atoms with Crippen molar-refractivity contribution in [2.24, 2.45) is 29.4 Å². The molecule has 3 N–H and O–H groups in total. The Hall–Kier alpha value is -0.930. The van der Waals surface area contributed by atoms with Crippen molar-refractivity contribution >= 4 is 6.09 Å². The van der Waals surface area contributed by atoms with Gasteiger partial charge in [-0.3, -0.25) is 0 Å². The summed E-state index contributed by atoms with van der Waals surface area (Å²) in [5.74, 6) is 1.53. The smallest absolute Gasteiger partial charge is 0.407 e. The van der Waals surface area contributed by atoms with Gasteiger partial charge in [0, 0.05) is 31.0 Å². The molecule has 6 fully saturated rings. The lowest BCUT2D eigenvalue weighted by atomic mass is 9.58. The van der Waals surface area contributed by atoms with E-state index < -0.39 is 11.9 Å². The van der Waals surface area contributed by atoms with Crippen LogP contribution < -0.4 is 5.73 Å². The molecule has 8 nitrogen and oxygen atoms in total. The molecule has 5 heterocycles. The molecule has 1 amide bonds. The monoisotopic (exact) mass is 398 g/mol. The van der Waals surface area contributed by atoms with Gasteiger partial charge in [-0.2, -0.15) is 0 Å². The molecule has 4 unspecified atom stereocenters. The largest absolute Gasteiger partial charge is 0.465 e. The van der Waals surface area contributed by atoms with Gasteiger partial charge in [0.25, 0.3) is 0 Å². The molecule has 0 aromatic rings. The summed E-state index contributed by atoms with van der Waals surface area (Å²) in [6.45, 7) is 10.1. The third-order valence-electron chi connectivity index (χ3n) is 7.35. The number of ether oxygens (including phenoxy) is 2. The molecule has 2 bridgehead atoms. The molecule has 1 spiro atoms. The summed E-state index contributed by atoms with van der Waals surface area (Å²) in [5, 5.41) is 8.34. The maximum absolute atomic E-state index is 10.1. The average Bonchev–Trinajstić information content (AvgIpc) is 2.83. The summed E-state index contributed by atoms with van der Waals surface area (Å²) in [4.78, 5) is 23.2. The van der Waals surface area contributed by atoms with Crippen LogP contribution in [0.15, 0.2) is 0 Å². The second kappa shape index (κ2) is 6.80. The summed E-state index contributed by atoms with van der Waals surface area (Å²) < 4.78 is 12.2. The fourth-order valence-corrected chi connectivity index (χ4v) is 5.84. The SMILES string of the molecule is CC1(N)CN(C(=O)O)C1.CC1CCC2[C@@H](C)CO[C@@H]3OC4(C)CCC1[C@@]23OO4. The molecular weight excluding hydrogens is 364 g/mol. The Morgan fingerprint density at radius 1 is 1.07 bits per heavy atom. The Bertz CT molecular complexity index is 622. The highest BCUT2D eigenvalue weighted by Gasteiger charge is 2.67. The van der Waals surface area contributed by atoms with Gasteiger partial charge in [-0.15, -0.1) is 0 Å². The van der Waals surface area contributed by atoms with E-state index in [2.05, 4.69) is 13.8 Å². The van der Waals surface area contributed by atoms with Gasteiger partial charge >= 0.3 is 6.09 Å². The van der Waals surface area contributed by atoms with Gasteiger partial charge in [-0.05, 0) is 50.9 Å². The van der Waals surface area contributed by atoms with Crippen molar-refractivity contribution in [1.82, 2.24) is 4.90 Å². The first-order chi connectivity index (χ1) is 13.1. The maximum Gasteiger partial charge on any atom is 0.407 e. The van der Waals surface area contributed by atoms with Crippen LogP contribution in [0.3, 0.4) is 0 Å². The minimum Gasteiger partial charge on any atom is -0.465 e. The highest BCUT2D eigenvalue weighted by molar-refractivity contribution is 5.66. The summed E-state index contributed by atoms with van der Waals surface area (Å²) >= 11 is 0. The number of fused-ring (bicyclic) bond motifs is 2. The van der Waals surface area contributed by atoms with E-state index in [0.29, 0.717) is 36.8 Å². The predicted octanol–water partition coefficient (Wildman–Crippen LogP) is 2.57. The van der Waals surface area contributed by atoms with Crippen LogP contribution in [0, 0.1) is 23.7 Å².